The molecule has 0 fully saturated rings. The first-order valence-electron chi connectivity index (χ1n) is 3.74. The van der Waals surface area contributed by atoms with Crippen LogP contribution in [0.1, 0.15) is 24.1 Å². The lowest BCUT2D eigenvalue weighted by Crippen LogP contribution is -2.09. The Morgan fingerprint density at radius 2 is 2.00 bits per heavy atom. The van der Waals surface area contributed by atoms with E-state index in [0.29, 0.717) is 16.1 Å². The van der Waals surface area contributed by atoms with E-state index in [1.165, 1.54) is 0 Å². The molecule has 2 N–H and O–H groups in total. The van der Waals surface area contributed by atoms with Crippen LogP contribution in [-0.4, -0.2) is 0 Å². The third-order valence-electron chi connectivity index (χ3n) is 1.77. The molecule has 0 saturated carbocycles. The molecule has 1 nitrogen and oxygen atoms in total. The highest BCUT2D eigenvalue weighted by Crippen LogP contribution is 2.26. The number of nitrogens with two attached hydrogens (primary N) is 1. The fraction of sp³-hybridized carbons (Fsp3) is 0.333. The Morgan fingerprint density at radius 3 is 2.38 bits per heavy atom. The van der Waals surface area contributed by atoms with Crippen LogP contribution in [0.3, 0.4) is 0 Å². The predicted molar refractivity (Wildman–Crippen MR) is 56.0 cm³/mol. The van der Waals surface area contributed by atoms with Crippen molar-refractivity contribution in [2.45, 2.75) is 19.9 Å². The van der Waals surface area contributed by atoms with Gasteiger partial charge in [-0.15, -0.1) is 12.4 Å². The smallest absolute Gasteiger partial charge is 0.132 e. The summed E-state index contributed by atoms with van der Waals surface area (Å²) in [4.78, 5) is 0. The highest BCUT2D eigenvalue weighted by atomic mass is 35.5. The van der Waals surface area contributed by atoms with Gasteiger partial charge in [0, 0.05) is 16.6 Å². The quantitative estimate of drug-likeness (QED) is 0.778. The molecule has 1 atom stereocenters. The molecule has 1 aromatic rings. The van der Waals surface area contributed by atoms with Crippen LogP contribution in [0, 0.1) is 12.7 Å². The average Bonchev–Trinajstić information content (AvgIpc) is 1.97. The van der Waals surface area contributed by atoms with Gasteiger partial charge in [-0.05, 0) is 25.5 Å². The van der Waals surface area contributed by atoms with Crippen LogP contribution < -0.4 is 5.73 Å². The van der Waals surface area contributed by atoms with Crippen LogP contribution in [0.5, 0.6) is 0 Å². The second-order valence-corrected chi connectivity index (χ2v) is 3.29. The fourth-order valence-corrected chi connectivity index (χ4v) is 1.41. The van der Waals surface area contributed by atoms with Crippen LogP contribution in [-0.2, 0) is 0 Å². The molecule has 13 heavy (non-hydrogen) atoms. The van der Waals surface area contributed by atoms with Crippen LogP contribution in [0.15, 0.2) is 12.1 Å². The predicted octanol–water partition coefficient (Wildman–Crippen LogP) is 3.23. The van der Waals surface area contributed by atoms with Crippen molar-refractivity contribution in [3.8, 4) is 0 Å². The maximum Gasteiger partial charge on any atom is 0.132 e. The molecule has 0 amide bonds. The molecule has 0 aliphatic heterocycles. The molecule has 0 aliphatic carbocycles. The van der Waals surface area contributed by atoms with Gasteiger partial charge >= 0.3 is 0 Å². The van der Waals surface area contributed by atoms with Gasteiger partial charge in [0.15, 0.2) is 0 Å². The summed E-state index contributed by atoms with van der Waals surface area (Å²) in [5.74, 6) is -0.294. The molecule has 1 aromatic carbocycles. The summed E-state index contributed by atoms with van der Waals surface area (Å²) in [5, 5.41) is 0.396. The van der Waals surface area contributed by atoms with Crippen LogP contribution in [0.2, 0.25) is 5.02 Å². The summed E-state index contributed by atoms with van der Waals surface area (Å²) in [7, 11) is 0. The van der Waals surface area contributed by atoms with Gasteiger partial charge < -0.3 is 5.73 Å². The largest absolute Gasteiger partial charge is 0.324 e. The van der Waals surface area contributed by atoms with Crippen molar-refractivity contribution in [2.24, 2.45) is 5.73 Å². The van der Waals surface area contributed by atoms with E-state index >= 15 is 0 Å². The third-order valence-corrected chi connectivity index (χ3v) is 2.10. The molecule has 0 spiro atoms. The first kappa shape index (κ1) is 12.7. The van der Waals surface area contributed by atoms with Gasteiger partial charge in [-0.2, -0.15) is 0 Å². The molecule has 0 heterocycles. The minimum absolute atomic E-state index is 0. The average molecular weight is 224 g/mol. The molecule has 0 radical (unpaired) electrons. The molecule has 0 aromatic heterocycles. The van der Waals surface area contributed by atoms with Crippen molar-refractivity contribution in [3.63, 3.8) is 0 Å². The number of halogens is 3. The number of aryl methyl sites for hydroxylation is 1. The summed E-state index contributed by atoms with van der Waals surface area (Å²) in [5.41, 5.74) is 6.54. The summed E-state index contributed by atoms with van der Waals surface area (Å²) in [6.07, 6.45) is 0. The zero-order valence-electron chi connectivity index (χ0n) is 7.47. The van der Waals surface area contributed by atoms with Crippen LogP contribution >= 0.6 is 24.0 Å². The van der Waals surface area contributed by atoms with E-state index in [1.54, 1.807) is 26.0 Å². The lowest BCUT2D eigenvalue weighted by molar-refractivity contribution is 0.585. The standard InChI is InChI=1S/C9H11ClFN.ClH/c1-5-3-4-7(10)8(6(2)12)9(5)11;/h3-4,6H,12H2,1-2H3;1H/t6-;/m0./s1. The SMILES string of the molecule is Cc1ccc(Cl)c([C@H](C)N)c1F.Cl. The Labute approximate surface area is 88.5 Å². The lowest BCUT2D eigenvalue weighted by atomic mass is 10.1. The molecule has 0 bridgehead atoms. The van der Waals surface area contributed by atoms with Gasteiger partial charge in [0.25, 0.3) is 0 Å². The number of hydrogen-bond acceptors (Lipinski definition) is 1. The van der Waals surface area contributed by atoms with Gasteiger partial charge in [-0.25, -0.2) is 4.39 Å². The van der Waals surface area contributed by atoms with E-state index < -0.39 is 0 Å². The molecular weight excluding hydrogens is 212 g/mol. The first-order chi connectivity index (χ1) is 5.54. The Hall–Kier alpha value is -0.310. The normalized spacial score (nSPS) is 12.1. The molecule has 0 aliphatic rings. The summed E-state index contributed by atoms with van der Waals surface area (Å²) in [6.45, 7) is 3.40. The van der Waals surface area contributed by atoms with Gasteiger partial charge in [-0.1, -0.05) is 17.7 Å². The maximum absolute atomic E-state index is 13.3. The molecule has 0 saturated heterocycles. The minimum Gasteiger partial charge on any atom is -0.324 e. The molecular formula is C9H12Cl2FN. The molecule has 0 unspecified atom stereocenters. The lowest BCUT2D eigenvalue weighted by Gasteiger charge is -2.10. The second-order valence-electron chi connectivity index (χ2n) is 2.88. The Kier molecular flexibility index (Phi) is 4.68. The van der Waals surface area contributed by atoms with Gasteiger partial charge in [-0.3, -0.25) is 0 Å². The number of hydrogen-bond donors (Lipinski definition) is 1. The number of rotatable bonds is 1. The molecule has 1 rings (SSSR count). The monoisotopic (exact) mass is 223 g/mol. The van der Waals surface area contributed by atoms with E-state index in [-0.39, 0.29) is 24.3 Å². The highest BCUT2D eigenvalue weighted by molar-refractivity contribution is 6.31. The van der Waals surface area contributed by atoms with E-state index in [1.807, 2.05) is 0 Å². The van der Waals surface area contributed by atoms with Crippen molar-refractivity contribution in [3.05, 3.63) is 34.1 Å². The Morgan fingerprint density at radius 1 is 1.46 bits per heavy atom. The second kappa shape index (κ2) is 4.80. The van der Waals surface area contributed by atoms with E-state index in [2.05, 4.69) is 0 Å². The van der Waals surface area contributed by atoms with E-state index in [0.717, 1.165) is 0 Å². The van der Waals surface area contributed by atoms with Crippen molar-refractivity contribution in [1.82, 2.24) is 0 Å². The first-order valence-corrected chi connectivity index (χ1v) is 4.12. The topological polar surface area (TPSA) is 26.0 Å². The van der Waals surface area contributed by atoms with Gasteiger partial charge in [0.05, 0.1) is 0 Å². The third kappa shape index (κ3) is 2.56. The zero-order chi connectivity index (χ0) is 9.30. The molecule has 4 heteroatoms. The van der Waals surface area contributed by atoms with Crippen molar-refractivity contribution >= 4 is 24.0 Å². The van der Waals surface area contributed by atoms with E-state index in [4.69, 9.17) is 17.3 Å². The van der Waals surface area contributed by atoms with E-state index in [9.17, 15) is 4.39 Å². The van der Waals surface area contributed by atoms with Crippen molar-refractivity contribution < 1.29 is 4.39 Å². The summed E-state index contributed by atoms with van der Waals surface area (Å²) < 4.78 is 13.3. The number of benzene rings is 1. The van der Waals surface area contributed by atoms with Gasteiger partial charge in [0.1, 0.15) is 5.82 Å². The maximum atomic E-state index is 13.3. The Bertz CT molecular complexity index is 300. The van der Waals surface area contributed by atoms with Crippen molar-refractivity contribution in [2.75, 3.05) is 0 Å². The highest BCUT2D eigenvalue weighted by Gasteiger charge is 2.12. The Balaban J connectivity index is 0.00000144. The van der Waals surface area contributed by atoms with Crippen molar-refractivity contribution in [1.29, 1.82) is 0 Å². The van der Waals surface area contributed by atoms with Gasteiger partial charge in [0.2, 0.25) is 0 Å². The fourth-order valence-electron chi connectivity index (χ4n) is 1.10. The van der Waals surface area contributed by atoms with Crippen LogP contribution in [0.4, 0.5) is 4.39 Å². The molecule has 74 valence electrons. The zero-order valence-corrected chi connectivity index (χ0v) is 9.05. The summed E-state index contributed by atoms with van der Waals surface area (Å²) >= 11 is 5.78. The van der Waals surface area contributed by atoms with Crippen LogP contribution in [0.25, 0.3) is 0 Å². The minimum atomic E-state index is -0.364. The summed E-state index contributed by atoms with van der Waals surface area (Å²) in [6, 6.07) is 2.94.